The van der Waals surface area contributed by atoms with Crippen LogP contribution < -0.4 is 10.6 Å². The van der Waals surface area contributed by atoms with E-state index in [2.05, 4.69) is 10.6 Å². The number of benzene rings is 2. The molecule has 0 saturated heterocycles. The molecule has 6 heteroatoms. The zero-order valence-electron chi connectivity index (χ0n) is 11.7. The monoisotopic (exact) mass is 338 g/mol. The Labute approximate surface area is 139 Å². The minimum absolute atomic E-state index is 0.155. The Hall–Kier alpha value is -1.75. The molecule has 2 aromatic carbocycles. The highest BCUT2D eigenvalue weighted by atomic mass is 35.5. The molecule has 22 heavy (non-hydrogen) atoms. The van der Waals surface area contributed by atoms with Crippen molar-refractivity contribution in [3.05, 3.63) is 64.1 Å². The molecule has 0 fully saturated rings. The molecule has 0 bridgehead atoms. The lowest BCUT2D eigenvalue weighted by Gasteiger charge is -2.13. The Morgan fingerprint density at radius 3 is 2.50 bits per heavy atom. The van der Waals surface area contributed by atoms with Gasteiger partial charge in [0.05, 0.1) is 16.1 Å². The quantitative estimate of drug-likeness (QED) is 0.778. The molecule has 0 saturated carbocycles. The van der Waals surface area contributed by atoms with Gasteiger partial charge in [-0.1, -0.05) is 53.5 Å². The van der Waals surface area contributed by atoms with Gasteiger partial charge in [0.1, 0.15) is 0 Å². The number of halogens is 2. The Morgan fingerprint density at radius 1 is 1.09 bits per heavy atom. The maximum absolute atomic E-state index is 11.8. The first-order chi connectivity index (χ1) is 10.5. The van der Waals surface area contributed by atoms with Crippen LogP contribution in [0.3, 0.4) is 0 Å². The van der Waals surface area contributed by atoms with Gasteiger partial charge in [0, 0.05) is 18.7 Å². The average molecular weight is 339 g/mol. The van der Waals surface area contributed by atoms with Crippen LogP contribution in [-0.2, 0) is 6.42 Å². The summed E-state index contributed by atoms with van der Waals surface area (Å²) in [4.78, 5) is 11.8. The van der Waals surface area contributed by atoms with Crippen LogP contribution in [0.2, 0.25) is 10.0 Å². The Bertz CT molecular complexity index is 635. The Kier molecular flexibility index (Phi) is 6.07. The molecule has 0 aromatic heterocycles. The zero-order valence-corrected chi connectivity index (χ0v) is 13.2. The van der Waals surface area contributed by atoms with Gasteiger partial charge in [0.15, 0.2) is 0 Å². The highest BCUT2D eigenvalue weighted by Crippen LogP contribution is 2.24. The molecule has 116 valence electrons. The number of rotatable bonds is 5. The van der Waals surface area contributed by atoms with Crippen molar-refractivity contribution in [1.29, 1.82) is 0 Å². The molecule has 0 aliphatic heterocycles. The SMILES string of the molecule is O=C(NCC(O)Cc1ccccc1)Nc1ccc(Cl)c(Cl)c1. The third-order valence-electron chi connectivity index (χ3n) is 2.99. The zero-order chi connectivity index (χ0) is 15.9. The van der Waals surface area contributed by atoms with E-state index in [1.165, 1.54) is 0 Å². The molecule has 2 aromatic rings. The van der Waals surface area contributed by atoms with E-state index in [1.807, 2.05) is 30.3 Å². The third kappa shape index (κ3) is 5.22. The predicted octanol–water partition coefficient (Wildman–Crippen LogP) is 3.72. The molecule has 0 heterocycles. The first kappa shape index (κ1) is 16.6. The Morgan fingerprint density at radius 2 is 1.82 bits per heavy atom. The fourth-order valence-electron chi connectivity index (χ4n) is 1.92. The van der Waals surface area contributed by atoms with Crippen molar-refractivity contribution < 1.29 is 9.90 Å². The molecule has 2 rings (SSSR count). The van der Waals surface area contributed by atoms with Crippen LogP contribution >= 0.6 is 23.2 Å². The van der Waals surface area contributed by atoms with E-state index in [9.17, 15) is 9.90 Å². The second-order valence-electron chi connectivity index (χ2n) is 4.81. The number of carbonyl (C=O) groups excluding carboxylic acids is 1. The molecule has 1 atom stereocenters. The maximum atomic E-state index is 11.8. The molecule has 2 amide bonds. The lowest BCUT2D eigenvalue weighted by atomic mass is 10.1. The Balaban J connectivity index is 1.78. The molecular formula is C16H16Cl2N2O2. The molecular weight excluding hydrogens is 323 g/mol. The lowest BCUT2D eigenvalue weighted by Crippen LogP contribution is -2.36. The van der Waals surface area contributed by atoms with Crippen LogP contribution in [0.1, 0.15) is 5.56 Å². The first-order valence-electron chi connectivity index (χ1n) is 6.76. The summed E-state index contributed by atoms with van der Waals surface area (Å²) in [5.74, 6) is 0. The van der Waals surface area contributed by atoms with Crippen LogP contribution in [0.25, 0.3) is 0 Å². The van der Waals surface area contributed by atoms with E-state index in [1.54, 1.807) is 18.2 Å². The van der Waals surface area contributed by atoms with Crippen LogP contribution in [0, 0.1) is 0 Å². The number of hydrogen-bond donors (Lipinski definition) is 3. The van der Waals surface area contributed by atoms with Gasteiger partial charge >= 0.3 is 6.03 Å². The molecule has 1 unspecified atom stereocenters. The molecule has 0 aliphatic carbocycles. The fourth-order valence-corrected chi connectivity index (χ4v) is 2.22. The van der Waals surface area contributed by atoms with E-state index in [0.717, 1.165) is 5.56 Å². The number of carbonyl (C=O) groups is 1. The predicted molar refractivity (Wildman–Crippen MR) is 89.6 cm³/mol. The second-order valence-corrected chi connectivity index (χ2v) is 5.62. The summed E-state index contributed by atoms with van der Waals surface area (Å²) >= 11 is 11.7. The summed E-state index contributed by atoms with van der Waals surface area (Å²) in [7, 11) is 0. The molecule has 4 nitrogen and oxygen atoms in total. The molecule has 0 radical (unpaired) electrons. The average Bonchev–Trinajstić information content (AvgIpc) is 2.50. The normalized spacial score (nSPS) is 11.8. The molecule has 3 N–H and O–H groups in total. The van der Waals surface area contributed by atoms with Gasteiger partial charge in [-0.3, -0.25) is 0 Å². The minimum Gasteiger partial charge on any atom is -0.391 e. The molecule has 0 aliphatic rings. The van der Waals surface area contributed by atoms with Crippen LogP contribution in [0.5, 0.6) is 0 Å². The van der Waals surface area contributed by atoms with Gasteiger partial charge in [0.25, 0.3) is 0 Å². The van der Waals surface area contributed by atoms with E-state index in [0.29, 0.717) is 22.2 Å². The third-order valence-corrected chi connectivity index (χ3v) is 3.73. The maximum Gasteiger partial charge on any atom is 0.319 e. The van der Waals surface area contributed by atoms with E-state index in [4.69, 9.17) is 23.2 Å². The van der Waals surface area contributed by atoms with Gasteiger partial charge in [-0.15, -0.1) is 0 Å². The minimum atomic E-state index is -0.651. The van der Waals surface area contributed by atoms with E-state index >= 15 is 0 Å². The highest BCUT2D eigenvalue weighted by molar-refractivity contribution is 6.42. The van der Waals surface area contributed by atoms with Crippen LogP contribution in [0.15, 0.2) is 48.5 Å². The van der Waals surface area contributed by atoms with Gasteiger partial charge in [-0.05, 0) is 23.8 Å². The van der Waals surface area contributed by atoms with Crippen molar-refractivity contribution in [2.45, 2.75) is 12.5 Å². The van der Waals surface area contributed by atoms with Crippen molar-refractivity contribution in [2.75, 3.05) is 11.9 Å². The van der Waals surface area contributed by atoms with E-state index in [-0.39, 0.29) is 6.54 Å². The lowest BCUT2D eigenvalue weighted by molar-refractivity contribution is 0.172. The summed E-state index contributed by atoms with van der Waals surface area (Å²) in [5.41, 5.74) is 1.55. The van der Waals surface area contributed by atoms with Crippen LogP contribution in [0.4, 0.5) is 10.5 Å². The number of aliphatic hydroxyl groups excluding tert-OH is 1. The summed E-state index contributed by atoms with van der Waals surface area (Å²) in [6.07, 6.45) is -0.171. The number of nitrogens with one attached hydrogen (secondary N) is 2. The molecule has 0 spiro atoms. The number of hydrogen-bond acceptors (Lipinski definition) is 2. The van der Waals surface area contributed by atoms with Crippen molar-refractivity contribution in [2.24, 2.45) is 0 Å². The van der Waals surface area contributed by atoms with E-state index < -0.39 is 12.1 Å². The van der Waals surface area contributed by atoms with Crippen molar-refractivity contribution in [1.82, 2.24) is 5.32 Å². The number of amides is 2. The van der Waals surface area contributed by atoms with Gasteiger partial charge in [-0.25, -0.2) is 4.79 Å². The first-order valence-corrected chi connectivity index (χ1v) is 7.52. The highest BCUT2D eigenvalue weighted by Gasteiger charge is 2.08. The number of urea groups is 1. The largest absolute Gasteiger partial charge is 0.391 e. The van der Waals surface area contributed by atoms with Crippen molar-refractivity contribution in [3.63, 3.8) is 0 Å². The fraction of sp³-hybridized carbons (Fsp3) is 0.188. The van der Waals surface area contributed by atoms with Crippen molar-refractivity contribution in [3.8, 4) is 0 Å². The summed E-state index contributed by atoms with van der Waals surface area (Å²) in [6.45, 7) is 0.155. The summed E-state index contributed by atoms with van der Waals surface area (Å²) in [5, 5.41) is 15.9. The number of anilines is 1. The van der Waals surface area contributed by atoms with Gasteiger partial charge in [-0.2, -0.15) is 0 Å². The van der Waals surface area contributed by atoms with Crippen molar-refractivity contribution >= 4 is 34.9 Å². The van der Waals surface area contributed by atoms with Gasteiger partial charge in [0.2, 0.25) is 0 Å². The topological polar surface area (TPSA) is 61.4 Å². The summed E-state index contributed by atoms with van der Waals surface area (Å²) in [6, 6.07) is 14.0. The standard InChI is InChI=1S/C16H16Cl2N2O2/c17-14-7-6-12(9-15(14)18)20-16(22)19-10-13(21)8-11-4-2-1-3-5-11/h1-7,9,13,21H,8,10H2,(H2,19,20,22). The second kappa shape index (κ2) is 8.03. The smallest absolute Gasteiger partial charge is 0.319 e. The number of aliphatic hydroxyl groups is 1. The van der Waals surface area contributed by atoms with Crippen LogP contribution in [-0.4, -0.2) is 23.8 Å². The summed E-state index contributed by atoms with van der Waals surface area (Å²) < 4.78 is 0. The van der Waals surface area contributed by atoms with Gasteiger partial charge < -0.3 is 15.7 Å².